The number of hydrogen-bond donors (Lipinski definition) is 1. The van der Waals surface area contributed by atoms with Crippen molar-refractivity contribution < 1.29 is 18.8 Å². The van der Waals surface area contributed by atoms with Crippen molar-refractivity contribution in [1.82, 2.24) is 9.47 Å². The fourth-order valence-corrected chi connectivity index (χ4v) is 5.08. The summed E-state index contributed by atoms with van der Waals surface area (Å²) in [5.41, 5.74) is 2.71. The molecule has 5 rings (SSSR count). The molecule has 36 heavy (non-hydrogen) atoms. The highest BCUT2D eigenvalue weighted by molar-refractivity contribution is 9.10. The van der Waals surface area contributed by atoms with Crippen LogP contribution in [0.1, 0.15) is 11.1 Å². The molecule has 4 aromatic rings. The lowest BCUT2D eigenvalue weighted by molar-refractivity contribution is -0.127. The summed E-state index contributed by atoms with van der Waals surface area (Å²) in [5, 5.41) is 3.05. The van der Waals surface area contributed by atoms with Gasteiger partial charge in [-0.15, -0.1) is 0 Å². The molecule has 0 aliphatic carbocycles. The summed E-state index contributed by atoms with van der Waals surface area (Å²) >= 11 is 4.12. The van der Waals surface area contributed by atoms with Crippen LogP contribution in [0.2, 0.25) is 0 Å². The number of anilines is 1. The van der Waals surface area contributed by atoms with Crippen LogP contribution in [0.25, 0.3) is 17.0 Å². The monoisotopic (exact) mass is 563 g/mol. The van der Waals surface area contributed by atoms with E-state index in [-0.39, 0.29) is 17.3 Å². The maximum absolute atomic E-state index is 14.3. The van der Waals surface area contributed by atoms with Crippen molar-refractivity contribution >= 4 is 67.4 Å². The number of fused-ring (bicyclic) bond motifs is 1. The number of imide groups is 1. The van der Waals surface area contributed by atoms with Gasteiger partial charge in [-0.3, -0.25) is 19.3 Å². The van der Waals surface area contributed by atoms with Gasteiger partial charge < -0.3 is 9.88 Å². The predicted molar refractivity (Wildman–Crippen MR) is 143 cm³/mol. The Kier molecular flexibility index (Phi) is 6.75. The van der Waals surface area contributed by atoms with Gasteiger partial charge in [0, 0.05) is 38.4 Å². The van der Waals surface area contributed by atoms with E-state index in [1.807, 2.05) is 35.0 Å². The summed E-state index contributed by atoms with van der Waals surface area (Å²) in [5.74, 6) is -1.29. The number of hydrogen-bond acceptors (Lipinski definition) is 4. The first-order chi connectivity index (χ1) is 17.4. The van der Waals surface area contributed by atoms with Gasteiger partial charge in [-0.25, -0.2) is 4.39 Å². The molecule has 2 heterocycles. The number of aromatic nitrogens is 1. The molecule has 0 saturated carbocycles. The fraction of sp³-hybridized carbons (Fsp3) is 0.0741. The van der Waals surface area contributed by atoms with Gasteiger partial charge in [0.2, 0.25) is 5.91 Å². The number of nitrogens with zero attached hydrogens (tertiary/aromatic N) is 2. The number of rotatable bonds is 6. The standard InChI is InChI=1S/C27H19BrFN3O3S/c28-19-9-11-20(12-10-19)30-25(33)16-32-26(34)24(36-27(32)35)13-18-15-31(23-8-4-2-6-21(18)23)14-17-5-1-3-7-22(17)29/h1-13,15H,14,16H2,(H,30,33)/b24-13-. The number of halogens is 2. The van der Waals surface area contributed by atoms with Crippen LogP contribution in [0, 0.1) is 5.82 Å². The van der Waals surface area contributed by atoms with Crippen molar-refractivity contribution in [2.75, 3.05) is 11.9 Å². The highest BCUT2D eigenvalue weighted by Crippen LogP contribution is 2.34. The Balaban J connectivity index is 1.38. The van der Waals surface area contributed by atoms with Gasteiger partial charge in [0.05, 0.1) is 11.4 Å². The predicted octanol–water partition coefficient (Wildman–Crippen LogP) is 6.27. The molecule has 1 aliphatic rings. The molecule has 0 radical (unpaired) electrons. The lowest BCUT2D eigenvalue weighted by Gasteiger charge is -2.12. The maximum Gasteiger partial charge on any atom is 0.294 e. The molecular weight excluding hydrogens is 545 g/mol. The van der Waals surface area contributed by atoms with Crippen molar-refractivity contribution in [3.63, 3.8) is 0 Å². The molecule has 9 heteroatoms. The van der Waals surface area contributed by atoms with E-state index >= 15 is 0 Å². The topological polar surface area (TPSA) is 71.4 Å². The number of nitrogens with one attached hydrogen (secondary N) is 1. The Morgan fingerprint density at radius 2 is 1.72 bits per heavy atom. The minimum Gasteiger partial charge on any atom is -0.342 e. The molecule has 1 N–H and O–H groups in total. The van der Waals surface area contributed by atoms with Crippen molar-refractivity contribution in [2.24, 2.45) is 0 Å². The normalized spacial score (nSPS) is 14.7. The zero-order valence-corrected chi connectivity index (χ0v) is 21.2. The third-order valence-electron chi connectivity index (χ3n) is 5.71. The van der Waals surface area contributed by atoms with Crippen molar-refractivity contribution in [3.8, 4) is 0 Å². The molecule has 0 spiro atoms. The Labute approximate surface area is 218 Å². The van der Waals surface area contributed by atoms with E-state index in [0.29, 0.717) is 17.8 Å². The van der Waals surface area contributed by atoms with E-state index in [1.54, 1.807) is 48.5 Å². The molecule has 3 amide bonds. The van der Waals surface area contributed by atoms with Crippen LogP contribution < -0.4 is 5.32 Å². The Hall–Kier alpha value is -3.69. The van der Waals surface area contributed by atoms with Gasteiger partial charge in [0.15, 0.2) is 0 Å². The van der Waals surface area contributed by atoms with E-state index in [9.17, 15) is 18.8 Å². The summed E-state index contributed by atoms with van der Waals surface area (Å²) in [6, 6.07) is 21.2. The highest BCUT2D eigenvalue weighted by Gasteiger charge is 2.36. The number of amides is 3. The third-order valence-corrected chi connectivity index (χ3v) is 7.14. The molecule has 6 nitrogen and oxygen atoms in total. The number of para-hydroxylation sites is 1. The molecule has 180 valence electrons. The number of carbonyl (C=O) groups excluding carboxylic acids is 3. The Morgan fingerprint density at radius 3 is 2.50 bits per heavy atom. The minimum atomic E-state index is -0.526. The Morgan fingerprint density at radius 1 is 1.00 bits per heavy atom. The molecule has 1 fully saturated rings. The van der Waals surface area contributed by atoms with Gasteiger partial charge in [-0.1, -0.05) is 52.3 Å². The second kappa shape index (κ2) is 10.1. The quantitative estimate of drug-likeness (QED) is 0.281. The van der Waals surface area contributed by atoms with Crippen LogP contribution in [0.4, 0.5) is 14.9 Å². The maximum atomic E-state index is 14.3. The summed E-state index contributed by atoms with van der Waals surface area (Å²) in [7, 11) is 0. The van der Waals surface area contributed by atoms with Crippen LogP contribution >= 0.6 is 27.7 Å². The molecule has 1 aromatic heterocycles. The molecule has 3 aromatic carbocycles. The summed E-state index contributed by atoms with van der Waals surface area (Å²) < 4.78 is 17.0. The average molecular weight is 564 g/mol. The van der Waals surface area contributed by atoms with Gasteiger partial charge in [0.25, 0.3) is 11.1 Å². The van der Waals surface area contributed by atoms with Gasteiger partial charge >= 0.3 is 0 Å². The smallest absolute Gasteiger partial charge is 0.294 e. The van der Waals surface area contributed by atoms with Crippen LogP contribution in [0.3, 0.4) is 0 Å². The summed E-state index contributed by atoms with van der Waals surface area (Å²) in [4.78, 5) is 39.2. The Bertz CT molecular complexity index is 1530. The summed E-state index contributed by atoms with van der Waals surface area (Å²) in [6.07, 6.45) is 3.49. The first-order valence-corrected chi connectivity index (χ1v) is 12.6. The van der Waals surface area contributed by atoms with Crippen LogP contribution in [-0.2, 0) is 16.1 Å². The van der Waals surface area contributed by atoms with Crippen molar-refractivity contribution in [2.45, 2.75) is 6.54 Å². The second-order valence-electron chi connectivity index (χ2n) is 8.14. The lowest BCUT2D eigenvalue weighted by atomic mass is 10.1. The highest BCUT2D eigenvalue weighted by atomic mass is 79.9. The number of carbonyl (C=O) groups is 3. The lowest BCUT2D eigenvalue weighted by Crippen LogP contribution is -2.36. The van der Waals surface area contributed by atoms with Gasteiger partial charge in [0.1, 0.15) is 12.4 Å². The first-order valence-electron chi connectivity index (χ1n) is 11.0. The first kappa shape index (κ1) is 24.0. The van der Waals surface area contributed by atoms with Crippen LogP contribution in [-0.4, -0.2) is 33.1 Å². The molecule has 1 aliphatic heterocycles. The largest absolute Gasteiger partial charge is 0.342 e. The molecule has 0 unspecified atom stereocenters. The van der Waals surface area contributed by atoms with Crippen LogP contribution in [0.15, 0.2) is 88.4 Å². The van der Waals surface area contributed by atoms with Crippen molar-refractivity contribution in [1.29, 1.82) is 0 Å². The molecular formula is C27H19BrFN3O3S. The van der Waals surface area contributed by atoms with E-state index < -0.39 is 17.1 Å². The average Bonchev–Trinajstić information content (AvgIpc) is 3.34. The summed E-state index contributed by atoms with van der Waals surface area (Å²) in [6.45, 7) is -0.0636. The third kappa shape index (κ3) is 4.98. The van der Waals surface area contributed by atoms with Gasteiger partial charge in [-0.05, 0) is 54.2 Å². The second-order valence-corrected chi connectivity index (χ2v) is 10.1. The number of thioether (sulfide) groups is 1. The number of benzene rings is 3. The van der Waals surface area contributed by atoms with Crippen molar-refractivity contribution in [3.05, 3.63) is 105 Å². The molecule has 0 atom stereocenters. The van der Waals surface area contributed by atoms with E-state index in [1.165, 1.54) is 6.07 Å². The van der Waals surface area contributed by atoms with E-state index in [4.69, 9.17) is 0 Å². The van der Waals surface area contributed by atoms with E-state index in [0.717, 1.165) is 37.6 Å². The zero-order valence-electron chi connectivity index (χ0n) is 18.8. The molecule has 1 saturated heterocycles. The molecule has 0 bridgehead atoms. The minimum absolute atomic E-state index is 0.227. The zero-order chi connectivity index (χ0) is 25.2. The van der Waals surface area contributed by atoms with E-state index in [2.05, 4.69) is 21.2 Å². The fourth-order valence-electron chi connectivity index (χ4n) is 3.99. The SMILES string of the molecule is O=C(CN1C(=O)S/C(=C\c2cn(Cc3ccccc3F)c3ccccc23)C1=O)Nc1ccc(Br)cc1. The van der Waals surface area contributed by atoms with Crippen LogP contribution in [0.5, 0.6) is 0 Å². The van der Waals surface area contributed by atoms with Gasteiger partial charge in [-0.2, -0.15) is 0 Å².